The molecular formula is C23H19N3O5. The Balaban J connectivity index is 1.67. The summed E-state index contributed by atoms with van der Waals surface area (Å²) in [6, 6.07) is 15.2. The summed E-state index contributed by atoms with van der Waals surface area (Å²) in [5, 5.41) is 32.8. The molecule has 0 aliphatic heterocycles. The standard InChI is InChI=1S/C23H19N3O5/c24-12-19-17-11-14(31-13-5-2-1-3-6-13)9-10-15(17)21(27)20(25-19)22(28)26-18-8-4-7-16(18)23(29)30/h1-3,5-6,9-11,16,18,27H,4,7-8H2,(H,26,28)(H,29,30)/t16-,18?/m1/s1. The molecule has 8 nitrogen and oxygen atoms in total. The minimum absolute atomic E-state index is 0.0438. The number of nitrogens with zero attached hydrogens (tertiary/aromatic N) is 2. The van der Waals surface area contributed by atoms with Gasteiger partial charge in [-0.1, -0.05) is 24.6 Å². The van der Waals surface area contributed by atoms with Crippen LogP contribution in [0.1, 0.15) is 35.4 Å². The van der Waals surface area contributed by atoms with Crippen molar-refractivity contribution in [3.8, 4) is 23.3 Å². The van der Waals surface area contributed by atoms with Gasteiger partial charge in [0.15, 0.2) is 11.4 Å². The molecule has 156 valence electrons. The van der Waals surface area contributed by atoms with E-state index in [-0.39, 0.29) is 22.5 Å². The van der Waals surface area contributed by atoms with Crippen LogP contribution in [0.2, 0.25) is 0 Å². The van der Waals surface area contributed by atoms with Crippen LogP contribution in [0, 0.1) is 17.2 Å². The van der Waals surface area contributed by atoms with Gasteiger partial charge in [-0.3, -0.25) is 9.59 Å². The molecular weight excluding hydrogens is 398 g/mol. The van der Waals surface area contributed by atoms with Gasteiger partial charge in [-0.15, -0.1) is 0 Å². The highest BCUT2D eigenvalue weighted by molar-refractivity contribution is 6.03. The zero-order valence-electron chi connectivity index (χ0n) is 16.4. The van der Waals surface area contributed by atoms with E-state index in [2.05, 4.69) is 10.3 Å². The van der Waals surface area contributed by atoms with Gasteiger partial charge in [-0.05, 0) is 43.2 Å². The lowest BCUT2D eigenvalue weighted by atomic mass is 10.0. The van der Waals surface area contributed by atoms with Crippen LogP contribution in [0.25, 0.3) is 10.8 Å². The smallest absolute Gasteiger partial charge is 0.308 e. The molecule has 1 aliphatic carbocycles. The summed E-state index contributed by atoms with van der Waals surface area (Å²) in [5.74, 6) is -1.68. The number of hydrogen-bond donors (Lipinski definition) is 3. The molecule has 4 rings (SSSR count). The molecule has 0 saturated heterocycles. The maximum absolute atomic E-state index is 12.7. The maximum atomic E-state index is 12.7. The quantitative estimate of drug-likeness (QED) is 0.578. The van der Waals surface area contributed by atoms with Crippen molar-refractivity contribution in [2.45, 2.75) is 25.3 Å². The fraction of sp³-hybridized carbons (Fsp3) is 0.217. The largest absolute Gasteiger partial charge is 0.505 e. The number of rotatable bonds is 5. The Kier molecular flexibility index (Phi) is 5.41. The number of carboxylic acid groups (broad SMARTS) is 1. The van der Waals surface area contributed by atoms with Gasteiger partial charge < -0.3 is 20.3 Å². The van der Waals surface area contributed by atoms with E-state index < -0.39 is 23.8 Å². The Bertz CT molecular complexity index is 1200. The minimum atomic E-state index is -0.970. The number of hydrogen-bond acceptors (Lipinski definition) is 6. The van der Waals surface area contributed by atoms with Gasteiger partial charge in [0.2, 0.25) is 0 Å². The number of benzene rings is 2. The van der Waals surface area contributed by atoms with Gasteiger partial charge in [-0.2, -0.15) is 5.26 Å². The number of amides is 1. The van der Waals surface area contributed by atoms with Gasteiger partial charge >= 0.3 is 5.97 Å². The highest BCUT2D eigenvalue weighted by Crippen LogP contribution is 2.34. The summed E-state index contributed by atoms with van der Waals surface area (Å²) in [7, 11) is 0. The summed E-state index contributed by atoms with van der Waals surface area (Å²) < 4.78 is 5.77. The number of fused-ring (bicyclic) bond motifs is 1. The predicted molar refractivity (Wildman–Crippen MR) is 111 cm³/mol. The average molecular weight is 417 g/mol. The molecule has 0 spiro atoms. The van der Waals surface area contributed by atoms with Crippen molar-refractivity contribution in [3.63, 3.8) is 0 Å². The molecule has 0 bridgehead atoms. The number of aromatic hydroxyl groups is 1. The fourth-order valence-corrected chi connectivity index (χ4v) is 3.88. The lowest BCUT2D eigenvalue weighted by molar-refractivity contribution is -0.142. The number of nitrogens with one attached hydrogen (secondary N) is 1. The number of aromatic nitrogens is 1. The summed E-state index contributed by atoms with van der Waals surface area (Å²) >= 11 is 0. The highest BCUT2D eigenvalue weighted by Gasteiger charge is 2.35. The van der Waals surface area contributed by atoms with Crippen molar-refractivity contribution >= 4 is 22.6 Å². The van der Waals surface area contributed by atoms with Crippen molar-refractivity contribution in [3.05, 3.63) is 59.9 Å². The first-order chi connectivity index (χ1) is 15.0. The van der Waals surface area contributed by atoms with Crippen LogP contribution in [-0.4, -0.2) is 33.1 Å². The lowest BCUT2D eigenvalue weighted by Gasteiger charge is -2.18. The van der Waals surface area contributed by atoms with E-state index in [0.717, 1.165) is 0 Å². The molecule has 31 heavy (non-hydrogen) atoms. The predicted octanol–water partition coefficient (Wildman–Crippen LogP) is 3.59. The Morgan fingerprint density at radius 1 is 1.10 bits per heavy atom. The molecule has 1 aromatic heterocycles. The Hall–Kier alpha value is -4.12. The van der Waals surface area contributed by atoms with Gasteiger partial charge in [-0.25, -0.2) is 4.98 Å². The third-order valence-electron chi connectivity index (χ3n) is 5.40. The first-order valence-electron chi connectivity index (χ1n) is 9.81. The summed E-state index contributed by atoms with van der Waals surface area (Å²) in [4.78, 5) is 28.2. The summed E-state index contributed by atoms with van der Waals surface area (Å²) in [5.41, 5.74) is -0.352. The Morgan fingerprint density at radius 3 is 2.58 bits per heavy atom. The first-order valence-corrected chi connectivity index (χ1v) is 9.81. The van der Waals surface area contributed by atoms with Crippen molar-refractivity contribution in [1.29, 1.82) is 5.26 Å². The number of aliphatic carboxylic acids is 1. The summed E-state index contributed by atoms with van der Waals surface area (Å²) in [6.07, 6.45) is 1.69. The molecule has 3 aromatic rings. The average Bonchev–Trinajstić information content (AvgIpc) is 3.23. The fourth-order valence-electron chi connectivity index (χ4n) is 3.88. The number of carboxylic acids is 1. The molecule has 1 saturated carbocycles. The zero-order chi connectivity index (χ0) is 22.0. The number of carbonyl (C=O) groups is 2. The number of carbonyl (C=O) groups excluding carboxylic acids is 1. The SMILES string of the molecule is N#Cc1nc(C(=O)NC2CCC[C@H]2C(=O)O)c(O)c2ccc(Oc3ccccc3)cc12. The molecule has 3 N–H and O–H groups in total. The first kappa shape index (κ1) is 20.2. The van der Waals surface area contributed by atoms with Crippen LogP contribution in [-0.2, 0) is 4.79 Å². The van der Waals surface area contributed by atoms with Crippen LogP contribution in [0.3, 0.4) is 0 Å². The Morgan fingerprint density at radius 2 is 1.87 bits per heavy atom. The van der Waals surface area contributed by atoms with E-state index in [1.54, 1.807) is 30.3 Å². The third kappa shape index (κ3) is 3.98. The second kappa shape index (κ2) is 8.32. The molecule has 8 heteroatoms. The monoisotopic (exact) mass is 417 g/mol. The van der Waals surface area contributed by atoms with Gasteiger partial charge in [0.05, 0.1) is 5.92 Å². The van der Waals surface area contributed by atoms with Gasteiger partial charge in [0.1, 0.15) is 23.3 Å². The normalized spacial score (nSPS) is 17.8. The van der Waals surface area contributed by atoms with Crippen LogP contribution in [0.15, 0.2) is 48.5 Å². The second-order valence-electron chi connectivity index (χ2n) is 7.35. The number of nitriles is 1. The van der Waals surface area contributed by atoms with E-state index in [1.165, 1.54) is 0 Å². The van der Waals surface area contributed by atoms with E-state index >= 15 is 0 Å². The minimum Gasteiger partial charge on any atom is -0.505 e. The molecule has 1 heterocycles. The maximum Gasteiger partial charge on any atom is 0.308 e. The van der Waals surface area contributed by atoms with E-state index in [1.807, 2.05) is 24.3 Å². The molecule has 1 unspecified atom stereocenters. The van der Waals surface area contributed by atoms with Crippen molar-refractivity contribution in [2.75, 3.05) is 0 Å². The second-order valence-corrected chi connectivity index (χ2v) is 7.35. The van der Waals surface area contributed by atoms with E-state index in [4.69, 9.17) is 4.74 Å². The van der Waals surface area contributed by atoms with Crippen molar-refractivity contribution in [1.82, 2.24) is 10.3 Å². The number of para-hydroxylation sites is 1. The highest BCUT2D eigenvalue weighted by atomic mass is 16.5. The number of pyridine rings is 1. The van der Waals surface area contributed by atoms with Crippen LogP contribution in [0.5, 0.6) is 17.2 Å². The van der Waals surface area contributed by atoms with Crippen LogP contribution >= 0.6 is 0 Å². The molecule has 2 atom stereocenters. The van der Waals surface area contributed by atoms with Crippen molar-refractivity contribution < 1.29 is 24.5 Å². The Labute approximate surface area is 177 Å². The topological polar surface area (TPSA) is 133 Å². The molecule has 1 amide bonds. The molecule has 0 radical (unpaired) electrons. The lowest BCUT2D eigenvalue weighted by Crippen LogP contribution is -2.40. The molecule has 1 aliphatic rings. The zero-order valence-corrected chi connectivity index (χ0v) is 16.4. The van der Waals surface area contributed by atoms with Crippen LogP contribution in [0.4, 0.5) is 0 Å². The number of ether oxygens (including phenoxy) is 1. The van der Waals surface area contributed by atoms with Gasteiger partial charge in [0.25, 0.3) is 5.91 Å². The van der Waals surface area contributed by atoms with E-state index in [9.17, 15) is 25.1 Å². The molecule has 1 fully saturated rings. The third-order valence-corrected chi connectivity index (χ3v) is 5.40. The van der Waals surface area contributed by atoms with E-state index in [0.29, 0.717) is 36.1 Å². The van der Waals surface area contributed by atoms with Crippen molar-refractivity contribution in [2.24, 2.45) is 5.92 Å². The molecule has 2 aromatic carbocycles. The van der Waals surface area contributed by atoms with Gasteiger partial charge in [0, 0.05) is 16.8 Å². The van der Waals surface area contributed by atoms with Crippen LogP contribution < -0.4 is 10.1 Å². The summed E-state index contributed by atoms with van der Waals surface area (Å²) in [6.45, 7) is 0.